The molecule has 0 radical (unpaired) electrons. The maximum atomic E-state index is 11.9. The van der Waals surface area contributed by atoms with Crippen LogP contribution in [-0.2, 0) is 17.8 Å². The Morgan fingerprint density at radius 3 is 2.81 bits per heavy atom. The average Bonchev–Trinajstić information content (AvgIpc) is 2.26. The highest BCUT2D eigenvalue weighted by Crippen LogP contribution is 2.23. The molecule has 1 aromatic carbocycles. The Balaban J connectivity index is 2.20. The number of halogens is 1. The molecule has 86 valence electrons. The first kappa shape index (κ1) is 11.5. The lowest BCUT2D eigenvalue weighted by atomic mass is 9.99. The summed E-state index contributed by atoms with van der Waals surface area (Å²) < 4.78 is 0. The van der Waals surface area contributed by atoms with E-state index in [0.29, 0.717) is 6.54 Å². The van der Waals surface area contributed by atoms with Gasteiger partial charge in [0.05, 0.1) is 0 Å². The Morgan fingerprint density at radius 1 is 1.38 bits per heavy atom. The van der Waals surface area contributed by atoms with E-state index in [9.17, 15) is 4.79 Å². The monoisotopic (exact) mass is 237 g/mol. The summed E-state index contributed by atoms with van der Waals surface area (Å²) in [5.74, 6) is 0.298. The summed E-state index contributed by atoms with van der Waals surface area (Å²) in [6, 6.07) is 5.95. The standard InChI is InChI=1S/C13H16ClNO/c1-9(2)13(16)15-6-5-10-3-4-12(14)7-11(10)8-15/h3-4,7,9H,5-6,8H2,1-2H3. The molecule has 1 aliphatic heterocycles. The van der Waals surface area contributed by atoms with Crippen LogP contribution < -0.4 is 0 Å². The van der Waals surface area contributed by atoms with Crippen LogP contribution in [0.4, 0.5) is 0 Å². The lowest BCUT2D eigenvalue weighted by Gasteiger charge is -2.30. The van der Waals surface area contributed by atoms with Gasteiger partial charge in [0.2, 0.25) is 5.91 Å². The lowest BCUT2D eigenvalue weighted by Crippen LogP contribution is -2.38. The predicted octanol–water partition coefficient (Wildman–Crippen LogP) is 2.88. The molecule has 1 aromatic rings. The predicted molar refractivity (Wildman–Crippen MR) is 65.4 cm³/mol. The lowest BCUT2D eigenvalue weighted by molar-refractivity contribution is -0.135. The van der Waals surface area contributed by atoms with E-state index < -0.39 is 0 Å². The van der Waals surface area contributed by atoms with Gasteiger partial charge >= 0.3 is 0 Å². The van der Waals surface area contributed by atoms with Crippen molar-refractivity contribution < 1.29 is 4.79 Å². The molecule has 0 bridgehead atoms. The van der Waals surface area contributed by atoms with Gasteiger partial charge in [-0.2, -0.15) is 0 Å². The highest BCUT2D eigenvalue weighted by molar-refractivity contribution is 6.30. The van der Waals surface area contributed by atoms with Crippen LogP contribution in [0.1, 0.15) is 25.0 Å². The third-order valence-corrected chi connectivity index (χ3v) is 3.22. The number of fused-ring (bicyclic) bond motifs is 1. The van der Waals surface area contributed by atoms with E-state index in [2.05, 4.69) is 6.07 Å². The topological polar surface area (TPSA) is 20.3 Å². The molecule has 0 saturated carbocycles. The Hall–Kier alpha value is -1.02. The molecule has 16 heavy (non-hydrogen) atoms. The molecule has 0 aliphatic carbocycles. The molecule has 1 amide bonds. The maximum Gasteiger partial charge on any atom is 0.225 e. The summed E-state index contributed by atoms with van der Waals surface area (Å²) in [7, 11) is 0. The first-order valence-electron chi connectivity index (χ1n) is 5.64. The number of carbonyl (C=O) groups excluding carboxylic acids is 1. The van der Waals surface area contributed by atoms with E-state index >= 15 is 0 Å². The smallest absolute Gasteiger partial charge is 0.225 e. The molecule has 0 fully saturated rings. The van der Waals surface area contributed by atoms with E-state index in [1.807, 2.05) is 30.9 Å². The highest BCUT2D eigenvalue weighted by atomic mass is 35.5. The van der Waals surface area contributed by atoms with Gasteiger partial charge in [-0.1, -0.05) is 31.5 Å². The van der Waals surface area contributed by atoms with Gasteiger partial charge in [-0.05, 0) is 29.7 Å². The second-order valence-electron chi connectivity index (χ2n) is 4.58. The van der Waals surface area contributed by atoms with Gasteiger partial charge in [0.25, 0.3) is 0 Å². The molecule has 1 aliphatic rings. The fraction of sp³-hybridized carbons (Fsp3) is 0.462. The van der Waals surface area contributed by atoms with Crippen molar-refractivity contribution >= 4 is 17.5 Å². The van der Waals surface area contributed by atoms with E-state index in [4.69, 9.17) is 11.6 Å². The molecular weight excluding hydrogens is 222 g/mol. The van der Waals surface area contributed by atoms with E-state index in [1.54, 1.807) is 0 Å². The van der Waals surface area contributed by atoms with Crippen molar-refractivity contribution in [2.24, 2.45) is 5.92 Å². The van der Waals surface area contributed by atoms with Crippen molar-refractivity contribution in [1.29, 1.82) is 0 Å². The third kappa shape index (κ3) is 2.22. The zero-order valence-electron chi connectivity index (χ0n) is 9.66. The largest absolute Gasteiger partial charge is 0.338 e. The van der Waals surface area contributed by atoms with Crippen molar-refractivity contribution in [2.45, 2.75) is 26.8 Å². The number of benzene rings is 1. The Bertz CT molecular complexity index is 414. The second kappa shape index (κ2) is 4.46. The van der Waals surface area contributed by atoms with Gasteiger partial charge in [-0.25, -0.2) is 0 Å². The van der Waals surface area contributed by atoms with Crippen LogP contribution in [0.25, 0.3) is 0 Å². The second-order valence-corrected chi connectivity index (χ2v) is 5.01. The number of hydrogen-bond acceptors (Lipinski definition) is 1. The van der Waals surface area contributed by atoms with Gasteiger partial charge in [0.1, 0.15) is 0 Å². The van der Waals surface area contributed by atoms with E-state index in [-0.39, 0.29) is 11.8 Å². The molecule has 0 N–H and O–H groups in total. The first-order valence-corrected chi connectivity index (χ1v) is 6.02. The van der Waals surface area contributed by atoms with Crippen molar-refractivity contribution in [1.82, 2.24) is 4.90 Å². The zero-order chi connectivity index (χ0) is 11.7. The quantitative estimate of drug-likeness (QED) is 0.736. The van der Waals surface area contributed by atoms with Crippen LogP contribution in [0.5, 0.6) is 0 Å². The van der Waals surface area contributed by atoms with Crippen molar-refractivity contribution in [3.63, 3.8) is 0 Å². The molecule has 0 spiro atoms. The Kier molecular flexibility index (Phi) is 3.20. The zero-order valence-corrected chi connectivity index (χ0v) is 10.4. The van der Waals surface area contributed by atoms with Gasteiger partial charge in [0, 0.05) is 24.0 Å². The summed E-state index contributed by atoms with van der Waals surface area (Å²) >= 11 is 5.96. The fourth-order valence-electron chi connectivity index (χ4n) is 2.08. The number of carbonyl (C=O) groups is 1. The van der Waals surface area contributed by atoms with Crippen molar-refractivity contribution in [2.75, 3.05) is 6.54 Å². The van der Waals surface area contributed by atoms with Crippen molar-refractivity contribution in [3.05, 3.63) is 34.3 Å². The first-order chi connectivity index (χ1) is 7.58. The SMILES string of the molecule is CC(C)C(=O)N1CCc2ccc(Cl)cc2C1. The summed E-state index contributed by atoms with van der Waals surface area (Å²) in [5, 5.41) is 0.748. The summed E-state index contributed by atoms with van der Waals surface area (Å²) in [6.45, 7) is 5.41. The summed E-state index contributed by atoms with van der Waals surface area (Å²) in [4.78, 5) is 13.8. The molecule has 0 atom stereocenters. The number of nitrogens with zero attached hydrogens (tertiary/aromatic N) is 1. The van der Waals surface area contributed by atoms with Gasteiger partial charge in [0.15, 0.2) is 0 Å². The molecule has 3 heteroatoms. The fourth-order valence-corrected chi connectivity index (χ4v) is 2.27. The van der Waals surface area contributed by atoms with Crippen molar-refractivity contribution in [3.8, 4) is 0 Å². The van der Waals surface area contributed by atoms with Crippen LogP contribution in [0, 0.1) is 5.92 Å². The molecular formula is C13H16ClNO. The molecule has 0 saturated heterocycles. The summed E-state index contributed by atoms with van der Waals surface area (Å²) in [5.41, 5.74) is 2.50. The highest BCUT2D eigenvalue weighted by Gasteiger charge is 2.22. The Labute approximate surface area is 101 Å². The van der Waals surface area contributed by atoms with Crippen LogP contribution in [0.15, 0.2) is 18.2 Å². The van der Waals surface area contributed by atoms with Crippen LogP contribution in [0.3, 0.4) is 0 Å². The van der Waals surface area contributed by atoms with E-state index in [0.717, 1.165) is 18.0 Å². The van der Waals surface area contributed by atoms with Gasteiger partial charge < -0.3 is 4.90 Å². The van der Waals surface area contributed by atoms with Crippen LogP contribution in [0.2, 0.25) is 5.02 Å². The van der Waals surface area contributed by atoms with E-state index in [1.165, 1.54) is 11.1 Å². The van der Waals surface area contributed by atoms with Crippen LogP contribution in [-0.4, -0.2) is 17.4 Å². The molecule has 2 rings (SSSR count). The summed E-state index contributed by atoms with van der Waals surface area (Å²) in [6.07, 6.45) is 0.935. The maximum absolute atomic E-state index is 11.9. The minimum absolute atomic E-state index is 0.0701. The normalized spacial score (nSPS) is 15.1. The minimum atomic E-state index is 0.0701. The molecule has 0 unspecified atom stereocenters. The molecule has 2 nitrogen and oxygen atoms in total. The molecule has 1 heterocycles. The van der Waals surface area contributed by atoms with Gasteiger partial charge in [-0.3, -0.25) is 4.79 Å². The van der Waals surface area contributed by atoms with Crippen LogP contribution >= 0.6 is 11.6 Å². The number of rotatable bonds is 1. The number of hydrogen-bond donors (Lipinski definition) is 0. The average molecular weight is 238 g/mol. The Morgan fingerprint density at radius 2 is 2.12 bits per heavy atom. The third-order valence-electron chi connectivity index (χ3n) is 2.99. The van der Waals surface area contributed by atoms with Gasteiger partial charge in [-0.15, -0.1) is 0 Å². The number of amides is 1. The molecule has 0 aromatic heterocycles. The minimum Gasteiger partial charge on any atom is -0.338 e.